The highest BCUT2D eigenvalue weighted by molar-refractivity contribution is 7.89. The molecule has 0 aliphatic carbocycles. The summed E-state index contributed by atoms with van der Waals surface area (Å²) in [5.74, 6) is 0.241. The van der Waals surface area contributed by atoms with Gasteiger partial charge in [-0.25, -0.2) is 13.1 Å². The maximum Gasteiger partial charge on any atom is 0.251 e. The summed E-state index contributed by atoms with van der Waals surface area (Å²) in [5, 5.41) is 2.70. The lowest BCUT2D eigenvalue weighted by molar-refractivity contribution is 0.0948. The minimum absolute atomic E-state index is 0.0379. The Morgan fingerprint density at radius 1 is 1.04 bits per heavy atom. The fourth-order valence-corrected chi connectivity index (χ4v) is 3.88. The van der Waals surface area contributed by atoms with Crippen LogP contribution >= 0.6 is 0 Å². The lowest BCUT2D eigenvalue weighted by atomic mass is 10.1. The quantitative estimate of drug-likeness (QED) is 0.654. The van der Waals surface area contributed by atoms with E-state index in [1.807, 2.05) is 30.3 Å². The van der Waals surface area contributed by atoms with Crippen LogP contribution in [0, 0.1) is 0 Å². The van der Waals surface area contributed by atoms with E-state index in [2.05, 4.69) is 10.0 Å². The van der Waals surface area contributed by atoms with Crippen LogP contribution in [0.15, 0.2) is 82.3 Å². The summed E-state index contributed by atoms with van der Waals surface area (Å²) in [6.45, 7) is 2.00. The fourth-order valence-electron chi connectivity index (χ4n) is 2.60. The summed E-state index contributed by atoms with van der Waals surface area (Å²) < 4.78 is 33.2. The first kappa shape index (κ1) is 18.9. The van der Waals surface area contributed by atoms with Gasteiger partial charge in [0.1, 0.15) is 5.76 Å². The van der Waals surface area contributed by atoms with Gasteiger partial charge >= 0.3 is 0 Å². The van der Waals surface area contributed by atoms with Crippen LogP contribution in [0.3, 0.4) is 0 Å². The molecule has 1 aromatic heterocycles. The molecule has 1 amide bonds. The second-order valence-electron chi connectivity index (χ2n) is 6.04. The second kappa shape index (κ2) is 8.20. The van der Waals surface area contributed by atoms with Crippen molar-refractivity contribution in [1.29, 1.82) is 0 Å². The van der Waals surface area contributed by atoms with Gasteiger partial charge in [0, 0.05) is 11.6 Å². The largest absolute Gasteiger partial charge is 0.467 e. The van der Waals surface area contributed by atoms with Crippen LogP contribution in [0.5, 0.6) is 0 Å². The highest BCUT2D eigenvalue weighted by Crippen LogP contribution is 2.17. The van der Waals surface area contributed by atoms with Crippen molar-refractivity contribution in [2.24, 2.45) is 0 Å². The van der Waals surface area contributed by atoms with Gasteiger partial charge in [0.15, 0.2) is 0 Å². The van der Waals surface area contributed by atoms with Gasteiger partial charge in [-0.1, -0.05) is 36.4 Å². The molecule has 27 heavy (non-hydrogen) atoms. The number of hydrogen-bond donors (Lipinski definition) is 2. The molecular weight excluding hydrogens is 364 g/mol. The smallest absolute Gasteiger partial charge is 0.251 e. The topological polar surface area (TPSA) is 88.4 Å². The monoisotopic (exact) mass is 384 g/mol. The average Bonchev–Trinajstić information content (AvgIpc) is 3.20. The molecule has 0 saturated heterocycles. The van der Waals surface area contributed by atoms with Crippen molar-refractivity contribution in [3.63, 3.8) is 0 Å². The molecule has 1 heterocycles. The molecule has 7 heteroatoms. The molecule has 2 N–H and O–H groups in total. The molecule has 0 bridgehead atoms. The first-order chi connectivity index (χ1) is 13.0. The van der Waals surface area contributed by atoms with Crippen LogP contribution in [0.4, 0.5) is 0 Å². The molecule has 0 spiro atoms. The highest BCUT2D eigenvalue weighted by atomic mass is 32.2. The predicted octanol–water partition coefficient (Wildman–Crippen LogP) is 3.25. The van der Waals surface area contributed by atoms with Crippen molar-refractivity contribution < 1.29 is 17.6 Å². The van der Waals surface area contributed by atoms with E-state index in [9.17, 15) is 13.2 Å². The van der Waals surface area contributed by atoms with E-state index in [-0.39, 0.29) is 22.9 Å². The van der Waals surface area contributed by atoms with Gasteiger partial charge in [0.05, 0.1) is 17.7 Å². The fraction of sp³-hybridized carbons (Fsp3) is 0.150. The van der Waals surface area contributed by atoms with Crippen LogP contribution < -0.4 is 10.0 Å². The molecule has 140 valence electrons. The number of furan rings is 1. The Kier molecular flexibility index (Phi) is 5.73. The summed E-state index contributed by atoms with van der Waals surface area (Å²) in [5.41, 5.74) is 1.12. The van der Waals surface area contributed by atoms with Crippen molar-refractivity contribution >= 4 is 15.9 Å². The van der Waals surface area contributed by atoms with Crippen LogP contribution in [0.1, 0.15) is 34.6 Å². The van der Waals surface area contributed by atoms with E-state index in [1.165, 1.54) is 18.4 Å². The summed E-state index contributed by atoms with van der Waals surface area (Å²) in [4.78, 5) is 12.3. The normalized spacial score (nSPS) is 12.5. The molecular formula is C20H20N2O4S. The standard InChI is InChI=1S/C20H20N2O4S/c1-15(16-7-3-2-4-8-16)22-27(24,25)19-11-5-9-17(13-19)20(23)21-14-18-10-6-12-26-18/h2-13,15,22H,14H2,1H3,(H,21,23)/t15-/m0/s1. The number of amides is 1. The number of nitrogens with one attached hydrogen (secondary N) is 2. The molecule has 0 saturated carbocycles. The van der Waals surface area contributed by atoms with Crippen molar-refractivity contribution in [3.8, 4) is 0 Å². The average molecular weight is 384 g/mol. The number of hydrogen-bond acceptors (Lipinski definition) is 4. The van der Waals surface area contributed by atoms with Crippen LogP contribution in [0.2, 0.25) is 0 Å². The molecule has 2 aromatic carbocycles. The van der Waals surface area contributed by atoms with E-state index in [4.69, 9.17) is 4.42 Å². The van der Waals surface area contributed by atoms with E-state index in [0.29, 0.717) is 5.76 Å². The number of carbonyl (C=O) groups excluding carboxylic acids is 1. The number of carbonyl (C=O) groups is 1. The van der Waals surface area contributed by atoms with Crippen LogP contribution in [-0.4, -0.2) is 14.3 Å². The van der Waals surface area contributed by atoms with Gasteiger partial charge in [-0.3, -0.25) is 4.79 Å². The lowest BCUT2D eigenvalue weighted by Crippen LogP contribution is -2.27. The molecule has 0 aliphatic heterocycles. The van der Waals surface area contributed by atoms with E-state index >= 15 is 0 Å². The van der Waals surface area contributed by atoms with Gasteiger partial charge in [-0.15, -0.1) is 0 Å². The highest BCUT2D eigenvalue weighted by Gasteiger charge is 2.19. The summed E-state index contributed by atoms with van der Waals surface area (Å²) >= 11 is 0. The van der Waals surface area contributed by atoms with Gasteiger partial charge in [-0.2, -0.15) is 0 Å². The zero-order valence-electron chi connectivity index (χ0n) is 14.8. The minimum atomic E-state index is -3.77. The Hall–Kier alpha value is -2.90. The van der Waals surface area contributed by atoms with Crippen molar-refractivity contribution in [2.75, 3.05) is 0 Å². The van der Waals surface area contributed by atoms with Gasteiger partial charge in [-0.05, 0) is 42.8 Å². The number of benzene rings is 2. The lowest BCUT2D eigenvalue weighted by Gasteiger charge is -2.15. The molecule has 0 fully saturated rings. The zero-order chi connectivity index (χ0) is 19.3. The maximum absolute atomic E-state index is 12.7. The Bertz CT molecular complexity index is 999. The summed E-state index contributed by atoms with van der Waals surface area (Å²) in [7, 11) is -3.77. The third-order valence-electron chi connectivity index (χ3n) is 4.04. The van der Waals surface area contributed by atoms with Gasteiger partial charge in [0.2, 0.25) is 10.0 Å². The van der Waals surface area contributed by atoms with E-state index in [0.717, 1.165) is 5.56 Å². The number of rotatable bonds is 7. The van der Waals surface area contributed by atoms with E-state index < -0.39 is 16.1 Å². The Morgan fingerprint density at radius 2 is 1.81 bits per heavy atom. The first-order valence-electron chi connectivity index (χ1n) is 8.43. The Labute approximate surface area is 158 Å². The van der Waals surface area contributed by atoms with Crippen LogP contribution in [-0.2, 0) is 16.6 Å². The Balaban J connectivity index is 1.72. The molecule has 6 nitrogen and oxygen atoms in total. The zero-order valence-corrected chi connectivity index (χ0v) is 15.6. The second-order valence-corrected chi connectivity index (χ2v) is 7.76. The molecule has 0 aliphatic rings. The summed E-state index contributed by atoms with van der Waals surface area (Å²) in [6.07, 6.45) is 1.52. The van der Waals surface area contributed by atoms with Crippen molar-refractivity contribution in [2.45, 2.75) is 24.4 Å². The molecule has 0 radical (unpaired) electrons. The third kappa shape index (κ3) is 4.84. The molecule has 3 rings (SSSR count). The van der Waals surface area contributed by atoms with Crippen molar-refractivity contribution in [3.05, 3.63) is 89.9 Å². The minimum Gasteiger partial charge on any atom is -0.467 e. The van der Waals surface area contributed by atoms with E-state index in [1.54, 1.807) is 31.2 Å². The molecule has 1 atom stereocenters. The predicted molar refractivity (Wildman–Crippen MR) is 101 cm³/mol. The van der Waals surface area contributed by atoms with Gasteiger partial charge < -0.3 is 9.73 Å². The number of sulfonamides is 1. The van der Waals surface area contributed by atoms with Crippen molar-refractivity contribution in [1.82, 2.24) is 10.0 Å². The molecule has 0 unspecified atom stereocenters. The third-order valence-corrected chi connectivity index (χ3v) is 5.58. The SMILES string of the molecule is C[C@H](NS(=O)(=O)c1cccc(C(=O)NCc2ccco2)c1)c1ccccc1. The maximum atomic E-state index is 12.7. The van der Waals surface area contributed by atoms with Gasteiger partial charge in [0.25, 0.3) is 5.91 Å². The first-order valence-corrected chi connectivity index (χ1v) is 9.92. The summed E-state index contributed by atoms with van der Waals surface area (Å²) in [6, 6.07) is 18.3. The molecule has 3 aromatic rings. The van der Waals surface area contributed by atoms with Crippen LogP contribution in [0.25, 0.3) is 0 Å². The Morgan fingerprint density at radius 3 is 2.52 bits per heavy atom.